The lowest BCUT2D eigenvalue weighted by molar-refractivity contribution is 0.185. The van der Waals surface area contributed by atoms with E-state index in [0.717, 1.165) is 5.75 Å². The summed E-state index contributed by atoms with van der Waals surface area (Å²) in [6.07, 6.45) is 0. The number of methoxy groups -OCH3 is 1. The van der Waals surface area contributed by atoms with Crippen molar-refractivity contribution in [1.82, 2.24) is 0 Å². The van der Waals surface area contributed by atoms with Crippen LogP contribution in [0.1, 0.15) is 52.7 Å². The van der Waals surface area contributed by atoms with Crippen LogP contribution in [0, 0.1) is 6.92 Å². The number of aryl methyl sites for hydroxylation is 1. The Bertz CT molecular complexity index is 1010. The molecule has 33 heavy (non-hydrogen) atoms. The molecule has 0 aromatic heterocycles. The summed E-state index contributed by atoms with van der Waals surface area (Å²) in [5.41, 5.74) is 8.97. The molecule has 0 atom stereocenters. The molecular formula is C30H40O2Si. The van der Waals surface area contributed by atoms with Crippen LogP contribution in [0.5, 0.6) is 5.75 Å². The van der Waals surface area contributed by atoms with E-state index in [1.54, 1.807) is 7.11 Å². The van der Waals surface area contributed by atoms with E-state index in [4.69, 9.17) is 9.16 Å². The fraction of sp³-hybridized carbons (Fsp3) is 0.400. The zero-order valence-corrected chi connectivity index (χ0v) is 22.6. The monoisotopic (exact) mass is 460 g/mol. The van der Waals surface area contributed by atoms with E-state index in [0.29, 0.717) is 23.2 Å². The largest absolute Gasteiger partial charge is 0.543 e. The zero-order chi connectivity index (χ0) is 24.2. The normalized spacial score (nSPS) is 12.1. The Morgan fingerprint density at radius 2 is 1.18 bits per heavy atom. The van der Waals surface area contributed by atoms with Crippen molar-refractivity contribution < 1.29 is 9.16 Å². The summed E-state index contributed by atoms with van der Waals surface area (Å²) in [7, 11) is -0.201. The molecule has 3 rings (SSSR count). The summed E-state index contributed by atoms with van der Waals surface area (Å²) >= 11 is 0. The lowest BCUT2D eigenvalue weighted by Gasteiger charge is -2.42. The predicted molar refractivity (Wildman–Crippen MR) is 144 cm³/mol. The van der Waals surface area contributed by atoms with Gasteiger partial charge >= 0.3 is 0 Å². The van der Waals surface area contributed by atoms with Crippen molar-refractivity contribution >= 4 is 8.32 Å². The lowest BCUT2D eigenvalue weighted by Crippen LogP contribution is -2.50. The minimum atomic E-state index is -1.96. The Morgan fingerprint density at radius 3 is 1.70 bits per heavy atom. The van der Waals surface area contributed by atoms with Gasteiger partial charge in [0, 0.05) is 7.11 Å². The first-order valence-electron chi connectivity index (χ1n) is 12.2. The van der Waals surface area contributed by atoms with Crippen LogP contribution in [0.15, 0.2) is 66.7 Å². The third kappa shape index (κ3) is 5.42. The van der Waals surface area contributed by atoms with Crippen molar-refractivity contribution in [2.75, 3.05) is 7.11 Å². The molecule has 0 amide bonds. The van der Waals surface area contributed by atoms with Gasteiger partial charge in [-0.2, -0.15) is 0 Å². The van der Waals surface area contributed by atoms with Crippen LogP contribution in [0.2, 0.25) is 16.6 Å². The molecule has 0 unspecified atom stereocenters. The van der Waals surface area contributed by atoms with Gasteiger partial charge in [0.05, 0.1) is 6.61 Å². The Kier molecular flexibility index (Phi) is 8.20. The van der Waals surface area contributed by atoms with Crippen molar-refractivity contribution in [2.45, 2.75) is 71.7 Å². The first-order valence-corrected chi connectivity index (χ1v) is 14.3. The summed E-state index contributed by atoms with van der Waals surface area (Å²) in [6.45, 7) is 16.7. The number of hydrogen-bond acceptors (Lipinski definition) is 2. The molecule has 0 aliphatic carbocycles. The number of hydrogen-bond donors (Lipinski definition) is 0. The number of ether oxygens (including phenoxy) is 1. The minimum absolute atomic E-state index is 0.555. The van der Waals surface area contributed by atoms with Gasteiger partial charge in [-0.1, -0.05) is 95.6 Å². The van der Waals surface area contributed by atoms with Crippen molar-refractivity contribution in [1.29, 1.82) is 0 Å². The maximum atomic E-state index is 6.86. The van der Waals surface area contributed by atoms with Gasteiger partial charge in [-0.25, -0.2) is 0 Å². The zero-order valence-electron chi connectivity index (χ0n) is 21.6. The lowest BCUT2D eigenvalue weighted by atomic mass is 9.95. The van der Waals surface area contributed by atoms with Crippen molar-refractivity contribution in [2.24, 2.45) is 0 Å². The van der Waals surface area contributed by atoms with Gasteiger partial charge in [-0.05, 0) is 69.6 Å². The highest BCUT2D eigenvalue weighted by molar-refractivity contribution is 6.78. The van der Waals surface area contributed by atoms with Crippen LogP contribution in [0.4, 0.5) is 0 Å². The van der Waals surface area contributed by atoms with Crippen molar-refractivity contribution in [3.05, 3.63) is 77.9 Å². The average molecular weight is 461 g/mol. The molecule has 0 radical (unpaired) electrons. The van der Waals surface area contributed by atoms with Gasteiger partial charge in [0.1, 0.15) is 5.75 Å². The fourth-order valence-electron chi connectivity index (χ4n) is 5.34. The molecule has 0 fully saturated rings. The van der Waals surface area contributed by atoms with E-state index in [9.17, 15) is 0 Å². The molecule has 0 saturated heterocycles. The van der Waals surface area contributed by atoms with E-state index in [1.807, 2.05) is 0 Å². The van der Waals surface area contributed by atoms with Gasteiger partial charge in [-0.15, -0.1) is 0 Å². The number of benzene rings is 3. The number of rotatable bonds is 9. The third-order valence-corrected chi connectivity index (χ3v) is 13.0. The van der Waals surface area contributed by atoms with Crippen molar-refractivity contribution in [3.63, 3.8) is 0 Å². The molecule has 0 bridgehead atoms. The SMILES string of the molecule is COCc1cc(-c2ccc(C)cc2)ccc1-c1ccc(O[Si](C(C)C)(C(C)C)C(C)C)cc1. The van der Waals surface area contributed by atoms with Gasteiger partial charge in [0.15, 0.2) is 0 Å². The van der Waals surface area contributed by atoms with E-state index < -0.39 is 8.32 Å². The standard InChI is InChI=1S/C30H40O2Si/c1-21(2)33(22(3)4,23(5)6)32-29-16-13-26(14-17-29)30-18-15-27(19-28(30)20-31-8)25-11-9-24(7)10-12-25/h9-19,21-23H,20H2,1-8H3. The third-order valence-electron chi connectivity index (χ3n) is 6.96. The molecule has 0 aliphatic rings. The summed E-state index contributed by atoms with van der Waals surface area (Å²) in [6, 6.07) is 24.0. The smallest absolute Gasteiger partial charge is 0.258 e. The molecule has 3 aromatic carbocycles. The van der Waals surface area contributed by atoms with Gasteiger partial charge in [0.25, 0.3) is 8.32 Å². The van der Waals surface area contributed by atoms with Crippen LogP contribution in [-0.2, 0) is 11.3 Å². The summed E-state index contributed by atoms with van der Waals surface area (Å²) in [4.78, 5) is 0. The highest BCUT2D eigenvalue weighted by atomic mass is 28.4. The van der Waals surface area contributed by atoms with E-state index in [2.05, 4.69) is 115 Å². The Hall–Kier alpha value is -2.36. The highest BCUT2D eigenvalue weighted by Gasteiger charge is 2.46. The molecule has 2 nitrogen and oxygen atoms in total. The second-order valence-electron chi connectivity index (χ2n) is 10.1. The van der Waals surface area contributed by atoms with Gasteiger partial charge < -0.3 is 9.16 Å². The predicted octanol–water partition coefficient (Wildman–Crippen LogP) is 9.03. The maximum absolute atomic E-state index is 6.86. The van der Waals surface area contributed by atoms with E-state index >= 15 is 0 Å². The summed E-state index contributed by atoms with van der Waals surface area (Å²) in [5.74, 6) is 0.992. The van der Waals surface area contributed by atoms with Crippen LogP contribution in [0.25, 0.3) is 22.3 Å². The maximum Gasteiger partial charge on any atom is 0.258 e. The minimum Gasteiger partial charge on any atom is -0.543 e. The molecule has 0 saturated carbocycles. The summed E-state index contributed by atoms with van der Waals surface area (Å²) in [5, 5.41) is 0. The van der Waals surface area contributed by atoms with Crippen molar-refractivity contribution in [3.8, 4) is 28.0 Å². The Labute approximate surface area is 202 Å². The van der Waals surface area contributed by atoms with Crippen LogP contribution >= 0.6 is 0 Å². The van der Waals surface area contributed by atoms with Crippen LogP contribution in [0.3, 0.4) is 0 Å². The fourth-order valence-corrected chi connectivity index (χ4v) is 10.6. The Balaban J connectivity index is 1.93. The van der Waals surface area contributed by atoms with Crippen LogP contribution in [-0.4, -0.2) is 15.4 Å². The molecule has 3 heteroatoms. The topological polar surface area (TPSA) is 18.5 Å². The molecule has 176 valence electrons. The molecule has 3 aromatic rings. The first-order chi connectivity index (χ1) is 15.7. The van der Waals surface area contributed by atoms with Crippen LogP contribution < -0.4 is 4.43 Å². The second kappa shape index (κ2) is 10.7. The molecular weight excluding hydrogens is 420 g/mol. The Morgan fingerprint density at radius 1 is 0.667 bits per heavy atom. The molecule has 0 heterocycles. The highest BCUT2D eigenvalue weighted by Crippen LogP contribution is 2.43. The molecule has 0 N–H and O–H groups in total. The quantitative estimate of drug-likeness (QED) is 0.296. The van der Waals surface area contributed by atoms with E-state index in [-0.39, 0.29) is 0 Å². The van der Waals surface area contributed by atoms with Gasteiger partial charge in [0.2, 0.25) is 0 Å². The van der Waals surface area contributed by atoms with Gasteiger partial charge in [-0.3, -0.25) is 0 Å². The second-order valence-corrected chi connectivity index (χ2v) is 15.5. The first kappa shape index (κ1) is 25.3. The molecule has 0 aliphatic heterocycles. The summed E-state index contributed by atoms with van der Waals surface area (Å²) < 4.78 is 12.4. The average Bonchev–Trinajstić information content (AvgIpc) is 2.78. The molecule has 0 spiro atoms. The van der Waals surface area contributed by atoms with E-state index in [1.165, 1.54) is 33.4 Å².